The van der Waals surface area contributed by atoms with Gasteiger partial charge in [-0.05, 0) is 48.9 Å². The highest BCUT2D eigenvalue weighted by Crippen LogP contribution is 2.29. The van der Waals surface area contributed by atoms with Gasteiger partial charge in [0.1, 0.15) is 23.5 Å². The number of nitrogen functional groups attached to an aromatic ring is 1. The summed E-state index contributed by atoms with van der Waals surface area (Å²) < 4.78 is 5.82. The Balaban J connectivity index is 1.45. The van der Waals surface area contributed by atoms with Gasteiger partial charge in [0.25, 0.3) is 0 Å². The van der Waals surface area contributed by atoms with Crippen molar-refractivity contribution in [3.8, 4) is 11.5 Å². The SMILES string of the molecule is CC(Nc1ncnc(Nc2ccc(Oc3ccccc3)cc2)c1N)c1ccccc1. The highest BCUT2D eigenvalue weighted by atomic mass is 16.5. The zero-order valence-corrected chi connectivity index (χ0v) is 16.6. The first-order valence-electron chi connectivity index (χ1n) is 9.71. The summed E-state index contributed by atoms with van der Waals surface area (Å²) in [5.41, 5.74) is 8.78. The van der Waals surface area contributed by atoms with E-state index in [0.717, 1.165) is 22.7 Å². The molecule has 0 spiro atoms. The van der Waals surface area contributed by atoms with Gasteiger partial charge in [-0.15, -0.1) is 0 Å². The maximum absolute atomic E-state index is 6.31. The molecule has 4 rings (SSSR count). The van der Waals surface area contributed by atoms with Crippen molar-refractivity contribution in [3.63, 3.8) is 0 Å². The molecule has 6 nitrogen and oxygen atoms in total. The van der Waals surface area contributed by atoms with Crippen LogP contribution in [0.4, 0.5) is 23.0 Å². The number of rotatable bonds is 7. The molecular formula is C24H23N5O. The van der Waals surface area contributed by atoms with Gasteiger partial charge in [0, 0.05) is 5.69 Å². The van der Waals surface area contributed by atoms with Gasteiger partial charge in [0.15, 0.2) is 11.6 Å². The fourth-order valence-electron chi connectivity index (χ4n) is 3.01. The van der Waals surface area contributed by atoms with Crippen molar-refractivity contribution in [2.45, 2.75) is 13.0 Å². The lowest BCUT2D eigenvalue weighted by molar-refractivity contribution is 0.483. The number of anilines is 4. The fraction of sp³-hybridized carbons (Fsp3) is 0.0833. The highest BCUT2D eigenvalue weighted by Gasteiger charge is 2.12. The monoisotopic (exact) mass is 397 g/mol. The first kappa shape index (κ1) is 19.3. The molecule has 1 aromatic heterocycles. The van der Waals surface area contributed by atoms with Gasteiger partial charge in [0.05, 0.1) is 6.04 Å². The molecule has 0 aliphatic carbocycles. The molecule has 0 fully saturated rings. The Hall–Kier alpha value is -4.06. The quantitative estimate of drug-likeness (QED) is 0.367. The number of ether oxygens (including phenoxy) is 1. The molecule has 0 aliphatic rings. The number of nitrogens with zero attached hydrogens (tertiary/aromatic N) is 2. The van der Waals surface area contributed by atoms with E-state index in [0.29, 0.717) is 17.3 Å². The second kappa shape index (κ2) is 8.96. The van der Waals surface area contributed by atoms with E-state index in [1.807, 2.05) is 72.8 Å². The van der Waals surface area contributed by atoms with Crippen LogP contribution in [0.25, 0.3) is 0 Å². The zero-order valence-electron chi connectivity index (χ0n) is 16.6. The molecule has 1 atom stereocenters. The number of benzene rings is 3. The lowest BCUT2D eigenvalue weighted by atomic mass is 10.1. The zero-order chi connectivity index (χ0) is 20.8. The molecule has 3 aromatic carbocycles. The Morgan fingerprint density at radius 2 is 1.37 bits per heavy atom. The average Bonchev–Trinajstić information content (AvgIpc) is 2.79. The van der Waals surface area contributed by atoms with E-state index >= 15 is 0 Å². The summed E-state index contributed by atoms with van der Waals surface area (Å²) in [6.45, 7) is 2.06. The Morgan fingerprint density at radius 3 is 2.07 bits per heavy atom. The van der Waals surface area contributed by atoms with Crippen molar-refractivity contribution >= 4 is 23.0 Å². The van der Waals surface area contributed by atoms with Crippen LogP contribution >= 0.6 is 0 Å². The first-order chi connectivity index (χ1) is 14.7. The van der Waals surface area contributed by atoms with Crippen LogP contribution in [0.3, 0.4) is 0 Å². The van der Waals surface area contributed by atoms with E-state index in [1.54, 1.807) is 0 Å². The fourth-order valence-corrected chi connectivity index (χ4v) is 3.01. The molecule has 0 saturated carbocycles. The number of nitrogens with two attached hydrogens (primary N) is 1. The molecule has 6 heteroatoms. The van der Waals surface area contributed by atoms with E-state index in [1.165, 1.54) is 6.33 Å². The van der Waals surface area contributed by atoms with Crippen molar-refractivity contribution < 1.29 is 4.74 Å². The van der Waals surface area contributed by atoms with Crippen LogP contribution in [-0.4, -0.2) is 9.97 Å². The van der Waals surface area contributed by atoms with Crippen molar-refractivity contribution in [2.24, 2.45) is 0 Å². The van der Waals surface area contributed by atoms with E-state index in [-0.39, 0.29) is 6.04 Å². The topological polar surface area (TPSA) is 85.1 Å². The minimum absolute atomic E-state index is 0.0608. The minimum atomic E-state index is 0.0608. The van der Waals surface area contributed by atoms with Crippen LogP contribution in [0.1, 0.15) is 18.5 Å². The van der Waals surface area contributed by atoms with E-state index in [4.69, 9.17) is 10.5 Å². The summed E-state index contributed by atoms with van der Waals surface area (Å²) >= 11 is 0. The third kappa shape index (κ3) is 4.67. The van der Waals surface area contributed by atoms with Crippen LogP contribution in [0, 0.1) is 0 Å². The minimum Gasteiger partial charge on any atom is -0.457 e. The third-order valence-corrected chi connectivity index (χ3v) is 4.63. The maximum atomic E-state index is 6.31. The molecule has 30 heavy (non-hydrogen) atoms. The van der Waals surface area contributed by atoms with Crippen LogP contribution in [-0.2, 0) is 0 Å². The predicted molar refractivity (Wildman–Crippen MR) is 121 cm³/mol. The van der Waals surface area contributed by atoms with Crippen molar-refractivity contribution in [2.75, 3.05) is 16.4 Å². The van der Waals surface area contributed by atoms with Crippen molar-refractivity contribution in [1.29, 1.82) is 0 Å². The van der Waals surface area contributed by atoms with Crippen molar-refractivity contribution in [3.05, 3.63) is 96.8 Å². The Labute approximate surface area is 175 Å². The Morgan fingerprint density at radius 1 is 0.767 bits per heavy atom. The number of hydrogen-bond acceptors (Lipinski definition) is 6. The smallest absolute Gasteiger partial charge is 0.159 e. The van der Waals surface area contributed by atoms with E-state index in [2.05, 4.69) is 39.7 Å². The van der Waals surface area contributed by atoms with E-state index in [9.17, 15) is 0 Å². The maximum Gasteiger partial charge on any atom is 0.159 e. The lowest BCUT2D eigenvalue weighted by Gasteiger charge is -2.17. The van der Waals surface area contributed by atoms with Gasteiger partial charge in [-0.3, -0.25) is 0 Å². The second-order valence-corrected chi connectivity index (χ2v) is 6.83. The molecule has 1 unspecified atom stereocenters. The number of aromatic nitrogens is 2. The van der Waals surface area contributed by atoms with Gasteiger partial charge < -0.3 is 21.1 Å². The summed E-state index contributed by atoms with van der Waals surface area (Å²) in [7, 11) is 0. The predicted octanol–water partition coefficient (Wildman–Crippen LogP) is 5.77. The average molecular weight is 397 g/mol. The number of hydrogen-bond donors (Lipinski definition) is 3. The molecule has 0 amide bonds. The van der Waals surface area contributed by atoms with Gasteiger partial charge >= 0.3 is 0 Å². The van der Waals surface area contributed by atoms with Crippen LogP contribution in [0.15, 0.2) is 91.3 Å². The van der Waals surface area contributed by atoms with Gasteiger partial charge in [-0.2, -0.15) is 0 Å². The third-order valence-electron chi connectivity index (χ3n) is 4.63. The normalized spacial score (nSPS) is 11.5. The van der Waals surface area contributed by atoms with Crippen LogP contribution in [0.2, 0.25) is 0 Å². The first-order valence-corrected chi connectivity index (χ1v) is 9.71. The number of para-hydroxylation sites is 1. The van der Waals surface area contributed by atoms with Crippen LogP contribution < -0.4 is 21.1 Å². The summed E-state index contributed by atoms with van der Waals surface area (Å²) in [5, 5.41) is 6.60. The lowest BCUT2D eigenvalue weighted by Crippen LogP contribution is -2.11. The summed E-state index contributed by atoms with van der Waals surface area (Å²) in [6.07, 6.45) is 1.49. The standard InChI is InChI=1S/C24H23N5O/c1-17(18-8-4-2-5-9-18)28-23-22(25)24(27-16-26-23)29-19-12-14-21(15-13-19)30-20-10-6-3-7-11-20/h2-17H,25H2,1H3,(H2,26,27,28,29). The molecule has 0 radical (unpaired) electrons. The Bertz CT molecular complexity index is 1090. The molecule has 0 bridgehead atoms. The van der Waals surface area contributed by atoms with Gasteiger partial charge in [0.2, 0.25) is 0 Å². The molecule has 0 saturated heterocycles. The van der Waals surface area contributed by atoms with Crippen LogP contribution in [0.5, 0.6) is 11.5 Å². The van der Waals surface area contributed by atoms with Gasteiger partial charge in [-0.1, -0.05) is 48.5 Å². The molecule has 4 N–H and O–H groups in total. The summed E-state index contributed by atoms with van der Waals surface area (Å²) in [4.78, 5) is 8.59. The van der Waals surface area contributed by atoms with E-state index < -0.39 is 0 Å². The summed E-state index contributed by atoms with van der Waals surface area (Å²) in [6, 6.07) is 27.5. The van der Waals surface area contributed by atoms with Crippen molar-refractivity contribution in [1.82, 2.24) is 9.97 Å². The molecule has 150 valence electrons. The highest BCUT2D eigenvalue weighted by molar-refractivity contribution is 5.77. The second-order valence-electron chi connectivity index (χ2n) is 6.83. The molecule has 1 heterocycles. The Kier molecular flexibility index (Phi) is 5.75. The molecule has 4 aromatic rings. The largest absolute Gasteiger partial charge is 0.457 e. The number of nitrogens with one attached hydrogen (secondary N) is 2. The van der Waals surface area contributed by atoms with Gasteiger partial charge in [-0.25, -0.2) is 9.97 Å². The summed E-state index contributed by atoms with van der Waals surface area (Å²) in [5.74, 6) is 2.68. The molecular weight excluding hydrogens is 374 g/mol. The molecule has 0 aliphatic heterocycles.